The first-order valence-corrected chi connectivity index (χ1v) is 8.46. The molecule has 1 aliphatic heterocycles. The molecule has 3 N–H and O–H groups in total. The first-order valence-electron chi connectivity index (χ1n) is 8.46. The van der Waals surface area contributed by atoms with Crippen LogP contribution in [0, 0.1) is 0 Å². The van der Waals surface area contributed by atoms with Crippen LogP contribution >= 0.6 is 0 Å². The maximum atomic E-state index is 12.1. The van der Waals surface area contributed by atoms with Gasteiger partial charge in [0, 0.05) is 42.9 Å². The van der Waals surface area contributed by atoms with Gasteiger partial charge < -0.3 is 10.1 Å². The van der Waals surface area contributed by atoms with Crippen LogP contribution in [-0.4, -0.2) is 61.2 Å². The third kappa shape index (κ3) is 6.32. The van der Waals surface area contributed by atoms with Crippen LogP contribution in [0.2, 0.25) is 0 Å². The van der Waals surface area contributed by atoms with Crippen molar-refractivity contribution in [1.29, 1.82) is 0 Å². The van der Waals surface area contributed by atoms with E-state index in [1.807, 2.05) is 20.8 Å². The molecule has 0 radical (unpaired) electrons. The molecular weight excluding hydrogens is 322 g/mol. The second-order valence-electron chi connectivity index (χ2n) is 7.00. The van der Waals surface area contributed by atoms with Gasteiger partial charge >= 0.3 is 6.03 Å². The van der Waals surface area contributed by atoms with Crippen molar-refractivity contribution in [3.05, 3.63) is 29.6 Å². The fraction of sp³-hybridized carbons (Fsp3) is 0.588. The molecule has 8 nitrogen and oxygen atoms in total. The number of rotatable bonds is 4. The van der Waals surface area contributed by atoms with E-state index in [4.69, 9.17) is 4.74 Å². The van der Waals surface area contributed by atoms with Gasteiger partial charge in [-0.05, 0) is 17.0 Å². The highest BCUT2D eigenvalue weighted by atomic mass is 16.5. The Morgan fingerprint density at radius 2 is 1.96 bits per heavy atom. The SMILES string of the molecule is CC(C)(C)c1cncc(C(=O)NNC(=O)NCCN2CCOCC2)c1.[HH].[HH].[HH]. The third-order valence-corrected chi connectivity index (χ3v) is 3.97. The van der Waals surface area contributed by atoms with Crippen LogP contribution < -0.4 is 16.2 Å². The zero-order valence-electron chi connectivity index (χ0n) is 15.1. The number of aromatic nitrogens is 1. The van der Waals surface area contributed by atoms with Crippen LogP contribution in [0.1, 0.15) is 41.0 Å². The fourth-order valence-electron chi connectivity index (χ4n) is 2.36. The number of ether oxygens (including phenoxy) is 1. The minimum absolute atomic E-state index is 0. The van der Waals surface area contributed by atoms with Gasteiger partial charge in [-0.1, -0.05) is 20.8 Å². The Balaban J connectivity index is 0. The topological polar surface area (TPSA) is 95.6 Å². The molecule has 0 atom stereocenters. The van der Waals surface area contributed by atoms with Crippen molar-refractivity contribution >= 4 is 11.9 Å². The predicted octanol–water partition coefficient (Wildman–Crippen LogP) is 1.39. The second kappa shape index (κ2) is 8.77. The molecule has 1 aromatic rings. The van der Waals surface area contributed by atoms with E-state index in [2.05, 4.69) is 26.1 Å². The molecule has 3 amide bonds. The Kier molecular flexibility index (Phi) is 6.72. The molecule has 1 aromatic heterocycles. The zero-order chi connectivity index (χ0) is 18.3. The quantitative estimate of drug-likeness (QED) is 0.710. The van der Waals surface area contributed by atoms with Gasteiger partial charge in [0.25, 0.3) is 5.91 Å². The number of hydrazine groups is 1. The molecule has 0 aromatic carbocycles. The number of morpholine rings is 1. The number of nitrogens with zero attached hydrogens (tertiary/aromatic N) is 2. The summed E-state index contributed by atoms with van der Waals surface area (Å²) in [5, 5.41) is 2.71. The summed E-state index contributed by atoms with van der Waals surface area (Å²) < 4.78 is 5.27. The molecule has 0 unspecified atom stereocenters. The van der Waals surface area contributed by atoms with E-state index < -0.39 is 11.9 Å². The number of nitrogens with one attached hydrogen (secondary N) is 3. The molecule has 25 heavy (non-hydrogen) atoms. The summed E-state index contributed by atoms with van der Waals surface area (Å²) in [7, 11) is 0. The van der Waals surface area contributed by atoms with Crippen LogP contribution in [0.15, 0.2) is 18.5 Å². The minimum Gasteiger partial charge on any atom is -0.379 e. The molecule has 1 saturated heterocycles. The van der Waals surface area contributed by atoms with E-state index in [1.165, 1.54) is 6.20 Å². The second-order valence-corrected chi connectivity index (χ2v) is 7.00. The van der Waals surface area contributed by atoms with E-state index in [0.29, 0.717) is 12.1 Å². The van der Waals surface area contributed by atoms with Crippen molar-refractivity contribution < 1.29 is 18.6 Å². The van der Waals surface area contributed by atoms with Crippen molar-refractivity contribution in [2.24, 2.45) is 0 Å². The number of hydrogen-bond donors (Lipinski definition) is 3. The Labute approximate surface area is 152 Å². The molecule has 2 rings (SSSR count). The smallest absolute Gasteiger partial charge is 0.333 e. The van der Waals surface area contributed by atoms with Crippen molar-refractivity contribution in [2.75, 3.05) is 39.4 Å². The molecule has 0 saturated carbocycles. The molecule has 2 heterocycles. The first kappa shape index (κ1) is 19.1. The van der Waals surface area contributed by atoms with E-state index in [1.54, 1.807) is 12.3 Å². The zero-order valence-corrected chi connectivity index (χ0v) is 15.1. The third-order valence-electron chi connectivity index (χ3n) is 3.97. The summed E-state index contributed by atoms with van der Waals surface area (Å²) in [6, 6.07) is 1.34. The number of pyridine rings is 1. The van der Waals surface area contributed by atoms with Gasteiger partial charge in [0.1, 0.15) is 0 Å². The Bertz CT molecular complexity index is 608. The largest absolute Gasteiger partial charge is 0.379 e. The highest BCUT2D eigenvalue weighted by Crippen LogP contribution is 2.21. The summed E-state index contributed by atoms with van der Waals surface area (Å²) in [4.78, 5) is 30.2. The molecule has 1 fully saturated rings. The molecule has 0 bridgehead atoms. The van der Waals surface area contributed by atoms with Gasteiger partial charge in [0.15, 0.2) is 0 Å². The minimum atomic E-state index is -0.443. The summed E-state index contributed by atoms with van der Waals surface area (Å²) in [6.45, 7) is 10.6. The predicted molar refractivity (Wildman–Crippen MR) is 101 cm³/mol. The van der Waals surface area contributed by atoms with Crippen LogP contribution in [0.25, 0.3) is 0 Å². The van der Waals surface area contributed by atoms with Crippen molar-refractivity contribution in [1.82, 2.24) is 26.1 Å². The van der Waals surface area contributed by atoms with Gasteiger partial charge in [0.2, 0.25) is 0 Å². The van der Waals surface area contributed by atoms with Gasteiger partial charge in [0.05, 0.1) is 18.8 Å². The summed E-state index contributed by atoms with van der Waals surface area (Å²) >= 11 is 0. The highest BCUT2D eigenvalue weighted by molar-refractivity contribution is 5.95. The van der Waals surface area contributed by atoms with E-state index in [-0.39, 0.29) is 9.69 Å². The Hall–Kier alpha value is -2.19. The number of amides is 3. The van der Waals surface area contributed by atoms with Crippen molar-refractivity contribution in [2.45, 2.75) is 26.2 Å². The summed E-state index contributed by atoms with van der Waals surface area (Å²) in [5.74, 6) is -0.401. The lowest BCUT2D eigenvalue weighted by atomic mass is 9.87. The molecule has 144 valence electrons. The van der Waals surface area contributed by atoms with Crippen LogP contribution in [0.3, 0.4) is 0 Å². The average Bonchev–Trinajstić information content (AvgIpc) is 2.60. The van der Waals surface area contributed by atoms with Gasteiger partial charge in [-0.25, -0.2) is 10.2 Å². The number of carbonyl (C=O) groups excluding carboxylic acids is 2. The number of hydrogen-bond acceptors (Lipinski definition) is 5. The van der Waals surface area contributed by atoms with Gasteiger partial charge in [-0.2, -0.15) is 0 Å². The summed E-state index contributed by atoms with van der Waals surface area (Å²) in [6.07, 6.45) is 3.21. The van der Waals surface area contributed by atoms with E-state index >= 15 is 0 Å². The monoisotopic (exact) mass is 355 g/mol. The lowest BCUT2D eigenvalue weighted by Gasteiger charge is -2.26. The lowest BCUT2D eigenvalue weighted by Crippen LogP contribution is -2.49. The maximum absolute atomic E-state index is 12.1. The molecule has 8 heteroatoms. The Morgan fingerprint density at radius 3 is 2.64 bits per heavy atom. The molecule has 0 aliphatic carbocycles. The van der Waals surface area contributed by atoms with Crippen LogP contribution in [-0.2, 0) is 10.2 Å². The van der Waals surface area contributed by atoms with E-state index in [9.17, 15) is 9.59 Å². The highest BCUT2D eigenvalue weighted by Gasteiger charge is 2.16. The Morgan fingerprint density at radius 1 is 1.24 bits per heavy atom. The van der Waals surface area contributed by atoms with Crippen molar-refractivity contribution in [3.63, 3.8) is 0 Å². The number of carbonyl (C=O) groups is 2. The molecule has 1 aliphatic rings. The van der Waals surface area contributed by atoms with Crippen LogP contribution in [0.4, 0.5) is 4.79 Å². The number of urea groups is 1. The molecular formula is C17H33N5O3. The van der Waals surface area contributed by atoms with E-state index in [0.717, 1.165) is 38.4 Å². The average molecular weight is 355 g/mol. The fourth-order valence-corrected chi connectivity index (χ4v) is 2.36. The van der Waals surface area contributed by atoms with Gasteiger partial charge in [-0.15, -0.1) is 0 Å². The summed E-state index contributed by atoms with van der Waals surface area (Å²) in [5.41, 5.74) is 6.00. The molecule has 0 spiro atoms. The standard InChI is InChI=1S/C17H27N5O3.3H2/c1-17(2,3)14-10-13(11-18-12-14)15(23)20-21-16(24)19-4-5-22-6-8-25-9-7-22;;;/h10-12H,4-9H2,1-3H3,(H,20,23)(H2,19,21,24);3*1H. The lowest BCUT2D eigenvalue weighted by molar-refractivity contribution is 0.0387. The van der Waals surface area contributed by atoms with Crippen molar-refractivity contribution in [3.8, 4) is 0 Å². The maximum Gasteiger partial charge on any atom is 0.333 e. The normalized spacial score (nSPS) is 15.5. The first-order chi connectivity index (χ1) is 11.9. The van der Waals surface area contributed by atoms with Crippen LogP contribution in [0.5, 0.6) is 0 Å². The van der Waals surface area contributed by atoms with Gasteiger partial charge in [-0.3, -0.25) is 20.1 Å².